The fraction of sp³-hybridized carbons (Fsp3) is 0.812. The van der Waals surface area contributed by atoms with Crippen LogP contribution in [0.15, 0.2) is 72.9 Å². The molecule has 2 aliphatic heterocycles. The Bertz CT molecular complexity index is 1670. The summed E-state index contributed by atoms with van der Waals surface area (Å²) in [5.41, 5.74) is 0. The van der Waals surface area contributed by atoms with Crippen LogP contribution in [0.5, 0.6) is 0 Å². The first-order valence-corrected chi connectivity index (χ1v) is 33.7. The average molecular weight is 1170 g/mol. The second kappa shape index (κ2) is 53.7. The number of ether oxygens (including phenoxy) is 4. The van der Waals surface area contributed by atoms with Crippen LogP contribution in [0.25, 0.3) is 0 Å². The van der Waals surface area contributed by atoms with Crippen molar-refractivity contribution in [1.82, 2.24) is 5.32 Å². The molecule has 1 amide bonds. The van der Waals surface area contributed by atoms with Gasteiger partial charge in [-0.25, -0.2) is 0 Å². The molecule has 2 aliphatic rings. The van der Waals surface area contributed by atoms with Crippen LogP contribution in [0, 0.1) is 0 Å². The molecule has 0 spiro atoms. The number of carbonyl (C=O) groups excluding carboxylic acids is 1. The van der Waals surface area contributed by atoms with E-state index in [2.05, 4.69) is 79.9 Å². The number of unbranched alkanes of at least 4 members (excludes halogenated alkanes) is 31. The SMILES string of the molecule is CCCC/C=C/CC/C=C/CC/C=C/C(O)C(COC1OC(CO)C(OC2OC(CO)C(O)C(O)C2O)C(O)C1O)NC(=O)CCCCCCCCCCCCCCCCCCCCCCCC/C=C\C/C=C\C/C=C\CCCCCCC. The molecule has 14 nitrogen and oxygen atoms in total. The summed E-state index contributed by atoms with van der Waals surface area (Å²) >= 11 is 0. The summed E-state index contributed by atoms with van der Waals surface area (Å²) < 4.78 is 22.7. The van der Waals surface area contributed by atoms with Gasteiger partial charge in [-0.2, -0.15) is 0 Å². The monoisotopic (exact) mass is 1170 g/mol. The second-order valence-corrected chi connectivity index (χ2v) is 23.6. The minimum absolute atomic E-state index is 0.253. The normalized spacial score (nSPS) is 24.3. The van der Waals surface area contributed by atoms with Crippen LogP contribution >= 0.6 is 0 Å². The first-order valence-electron chi connectivity index (χ1n) is 33.7. The van der Waals surface area contributed by atoms with Gasteiger partial charge in [0.15, 0.2) is 12.6 Å². The maximum Gasteiger partial charge on any atom is 0.220 e. The smallest absolute Gasteiger partial charge is 0.220 e. The van der Waals surface area contributed by atoms with Gasteiger partial charge in [-0.1, -0.05) is 254 Å². The fourth-order valence-corrected chi connectivity index (χ4v) is 10.7. The predicted octanol–water partition coefficient (Wildman–Crippen LogP) is 13.1. The van der Waals surface area contributed by atoms with E-state index in [1.54, 1.807) is 6.08 Å². The van der Waals surface area contributed by atoms with Crippen LogP contribution in [-0.2, 0) is 23.7 Å². The number of hydrogen-bond donors (Lipinski definition) is 9. The Balaban J connectivity index is 1.58. The zero-order valence-corrected chi connectivity index (χ0v) is 52.2. The lowest BCUT2D eigenvalue weighted by Crippen LogP contribution is -2.65. The maximum absolute atomic E-state index is 13.3. The summed E-state index contributed by atoms with van der Waals surface area (Å²) in [4.78, 5) is 13.3. The third-order valence-corrected chi connectivity index (χ3v) is 16.1. The summed E-state index contributed by atoms with van der Waals surface area (Å²) in [6.45, 7) is 2.71. The molecule has 0 aromatic rings. The van der Waals surface area contributed by atoms with Crippen LogP contribution in [0.2, 0.25) is 0 Å². The molecule has 2 saturated heterocycles. The minimum Gasteiger partial charge on any atom is -0.394 e. The lowest BCUT2D eigenvalue weighted by atomic mass is 9.97. The van der Waals surface area contributed by atoms with Gasteiger partial charge in [0, 0.05) is 6.42 Å². The highest BCUT2D eigenvalue weighted by Crippen LogP contribution is 2.30. The molecule has 14 heteroatoms. The summed E-state index contributed by atoms with van der Waals surface area (Å²) in [7, 11) is 0. The molecular formula is C69H123NO13. The van der Waals surface area contributed by atoms with Gasteiger partial charge in [-0.3, -0.25) is 4.79 Å². The van der Waals surface area contributed by atoms with Gasteiger partial charge in [-0.05, 0) is 77.0 Å². The Morgan fingerprint density at radius 2 is 0.819 bits per heavy atom. The second-order valence-electron chi connectivity index (χ2n) is 23.6. The third-order valence-electron chi connectivity index (χ3n) is 16.1. The Morgan fingerprint density at radius 3 is 1.30 bits per heavy atom. The van der Waals surface area contributed by atoms with Gasteiger partial charge in [0.1, 0.15) is 48.8 Å². The lowest BCUT2D eigenvalue weighted by molar-refractivity contribution is -0.359. The molecule has 12 unspecified atom stereocenters. The third kappa shape index (κ3) is 38.4. The molecule has 9 N–H and O–H groups in total. The van der Waals surface area contributed by atoms with Crippen molar-refractivity contribution in [3.8, 4) is 0 Å². The first kappa shape index (κ1) is 76.5. The zero-order valence-electron chi connectivity index (χ0n) is 52.2. The standard InChI is InChI=1S/C69H123NO13/c1-3-5-7-9-11-13-15-17-18-19-20-21-22-23-24-25-26-27-28-29-30-31-32-33-34-35-36-37-38-39-40-41-43-45-47-49-51-53-61(74)70-57(58(73)52-50-48-46-44-42-16-14-12-10-8-6-4-2)56-80-68-66(79)64(77)67(60(55-72)82-68)83-69-65(78)63(76)62(75)59(54-71)81-69/h10,12,15,17,19-20,22-23,42,44,50,52,57-60,62-69,71-73,75-79H,3-9,11,13-14,16,18,21,24-41,43,45-49,51,53-56H2,1-2H3,(H,70,74)/b12-10+,17-15-,20-19-,23-22-,44-42+,52-50+. The number of rotatable bonds is 54. The van der Waals surface area contributed by atoms with Gasteiger partial charge >= 0.3 is 0 Å². The molecule has 0 aromatic carbocycles. The van der Waals surface area contributed by atoms with E-state index in [1.807, 2.05) is 6.08 Å². The number of aliphatic hydroxyl groups is 8. The Kier molecular flexibility index (Phi) is 49.5. The van der Waals surface area contributed by atoms with E-state index in [1.165, 1.54) is 173 Å². The predicted molar refractivity (Wildman–Crippen MR) is 337 cm³/mol. The van der Waals surface area contributed by atoms with E-state index < -0.39 is 86.8 Å². The van der Waals surface area contributed by atoms with Gasteiger partial charge in [0.25, 0.3) is 0 Å². The van der Waals surface area contributed by atoms with Crippen molar-refractivity contribution in [2.24, 2.45) is 0 Å². The van der Waals surface area contributed by atoms with E-state index in [4.69, 9.17) is 18.9 Å². The number of amides is 1. The largest absolute Gasteiger partial charge is 0.394 e. The van der Waals surface area contributed by atoms with Crippen LogP contribution in [0.4, 0.5) is 0 Å². The lowest BCUT2D eigenvalue weighted by Gasteiger charge is -2.46. The van der Waals surface area contributed by atoms with Crippen LogP contribution in [0.1, 0.15) is 264 Å². The quantitative estimate of drug-likeness (QED) is 0.0204. The molecule has 83 heavy (non-hydrogen) atoms. The molecule has 2 heterocycles. The van der Waals surface area contributed by atoms with Crippen molar-refractivity contribution < 1.29 is 64.6 Å². The van der Waals surface area contributed by atoms with Gasteiger partial charge in [0.05, 0.1) is 32.0 Å². The fourth-order valence-electron chi connectivity index (χ4n) is 10.7. The van der Waals surface area contributed by atoms with E-state index in [0.29, 0.717) is 12.8 Å². The number of carbonyl (C=O) groups is 1. The zero-order chi connectivity index (χ0) is 60.2. The van der Waals surface area contributed by atoms with Crippen molar-refractivity contribution in [1.29, 1.82) is 0 Å². The molecule has 0 aliphatic carbocycles. The highest BCUT2D eigenvalue weighted by Gasteiger charge is 2.51. The molecule has 0 saturated carbocycles. The van der Waals surface area contributed by atoms with Gasteiger partial charge in [0.2, 0.25) is 5.91 Å². The average Bonchev–Trinajstić information content (AvgIpc) is 3.58. The topological polar surface area (TPSA) is 228 Å². The number of nitrogens with one attached hydrogen (secondary N) is 1. The van der Waals surface area contributed by atoms with Gasteiger partial charge < -0.3 is 65.1 Å². The Labute approximate surface area is 504 Å². The van der Waals surface area contributed by atoms with Crippen molar-refractivity contribution in [3.63, 3.8) is 0 Å². The number of allylic oxidation sites excluding steroid dienone is 11. The highest BCUT2D eigenvalue weighted by atomic mass is 16.7. The molecular weight excluding hydrogens is 1050 g/mol. The minimum atomic E-state index is -1.79. The van der Waals surface area contributed by atoms with E-state index >= 15 is 0 Å². The molecule has 12 atom stereocenters. The van der Waals surface area contributed by atoms with Crippen LogP contribution in [-0.4, -0.2) is 140 Å². The van der Waals surface area contributed by atoms with Gasteiger partial charge in [-0.15, -0.1) is 0 Å². The number of hydrogen-bond acceptors (Lipinski definition) is 13. The molecule has 0 bridgehead atoms. The number of aliphatic hydroxyl groups excluding tert-OH is 8. The van der Waals surface area contributed by atoms with Crippen molar-refractivity contribution in [2.45, 2.75) is 338 Å². The van der Waals surface area contributed by atoms with E-state index in [-0.39, 0.29) is 18.9 Å². The molecule has 0 aromatic heterocycles. The van der Waals surface area contributed by atoms with Crippen LogP contribution in [0.3, 0.4) is 0 Å². The first-order chi connectivity index (χ1) is 40.6. The van der Waals surface area contributed by atoms with Crippen molar-refractivity contribution >= 4 is 5.91 Å². The summed E-state index contributed by atoms with van der Waals surface area (Å²) in [6.07, 6.45) is 55.6. The van der Waals surface area contributed by atoms with Crippen LogP contribution < -0.4 is 5.32 Å². The summed E-state index contributed by atoms with van der Waals surface area (Å²) in [5, 5.41) is 87.0. The maximum atomic E-state index is 13.3. The van der Waals surface area contributed by atoms with Crippen molar-refractivity contribution in [3.05, 3.63) is 72.9 Å². The van der Waals surface area contributed by atoms with E-state index in [0.717, 1.165) is 57.8 Å². The molecule has 482 valence electrons. The molecule has 2 fully saturated rings. The highest BCUT2D eigenvalue weighted by molar-refractivity contribution is 5.76. The van der Waals surface area contributed by atoms with Crippen molar-refractivity contribution in [2.75, 3.05) is 19.8 Å². The Hall–Kier alpha value is -2.57. The molecule has 2 rings (SSSR count). The molecule has 0 radical (unpaired) electrons. The Morgan fingerprint density at radius 1 is 0.434 bits per heavy atom. The summed E-state index contributed by atoms with van der Waals surface area (Å²) in [5.74, 6) is -0.253. The van der Waals surface area contributed by atoms with E-state index in [9.17, 15) is 45.6 Å². The summed E-state index contributed by atoms with van der Waals surface area (Å²) in [6, 6.07) is -0.938.